The van der Waals surface area contributed by atoms with Crippen molar-refractivity contribution in [1.29, 1.82) is 0 Å². The van der Waals surface area contributed by atoms with E-state index in [0.717, 1.165) is 45.4 Å². The van der Waals surface area contributed by atoms with Gasteiger partial charge in [-0.2, -0.15) is 0 Å². The van der Waals surface area contributed by atoms with E-state index in [-0.39, 0.29) is 17.1 Å². The van der Waals surface area contributed by atoms with Gasteiger partial charge in [0.1, 0.15) is 5.82 Å². The van der Waals surface area contributed by atoms with Crippen LogP contribution in [0.3, 0.4) is 0 Å². The molecule has 33 heavy (non-hydrogen) atoms. The Labute approximate surface area is 204 Å². The fraction of sp³-hybridized carbons (Fsp3) is 0.480. The molecule has 1 atom stereocenters. The third kappa shape index (κ3) is 6.35. The highest BCUT2D eigenvalue weighted by molar-refractivity contribution is 7.13. The van der Waals surface area contributed by atoms with Crippen LogP contribution in [0, 0.1) is 5.82 Å². The lowest BCUT2D eigenvalue weighted by atomic mass is 9.93. The topological polar surface area (TPSA) is 47.6 Å². The molecule has 1 unspecified atom stereocenters. The molecule has 178 valence electrons. The van der Waals surface area contributed by atoms with Crippen molar-refractivity contribution in [2.45, 2.75) is 44.7 Å². The van der Waals surface area contributed by atoms with Gasteiger partial charge in [-0.15, -0.1) is 11.3 Å². The molecule has 1 aromatic heterocycles. The van der Waals surface area contributed by atoms with Crippen LogP contribution in [0.5, 0.6) is 0 Å². The first kappa shape index (κ1) is 24.2. The maximum absolute atomic E-state index is 13.5. The number of anilines is 1. The van der Waals surface area contributed by atoms with Gasteiger partial charge in [0.25, 0.3) is 0 Å². The van der Waals surface area contributed by atoms with E-state index in [1.54, 1.807) is 6.07 Å². The molecule has 5 nitrogen and oxygen atoms in total. The molecule has 2 N–H and O–H groups in total. The minimum absolute atomic E-state index is 0.00949. The molecule has 2 aromatic rings. The largest absolute Gasteiger partial charge is 0.322 e. The zero-order valence-electron chi connectivity index (χ0n) is 19.1. The average Bonchev–Trinajstić information content (AvgIpc) is 3.50. The molecular weight excluding hydrogens is 459 g/mol. The van der Waals surface area contributed by atoms with E-state index < -0.39 is 5.82 Å². The van der Waals surface area contributed by atoms with Crippen molar-refractivity contribution in [2.75, 3.05) is 38.5 Å². The maximum atomic E-state index is 13.5. The number of urea groups is 1. The van der Waals surface area contributed by atoms with E-state index in [4.69, 9.17) is 11.6 Å². The number of hydrogen-bond acceptors (Lipinski definition) is 4. The summed E-state index contributed by atoms with van der Waals surface area (Å²) >= 11 is 7.75. The van der Waals surface area contributed by atoms with Crippen molar-refractivity contribution in [3.8, 4) is 0 Å². The number of rotatable bonds is 8. The number of carbonyl (C=O) groups excluding carboxylic acids is 1. The normalized spacial score (nSPS) is 18.9. The highest BCUT2D eigenvalue weighted by Gasteiger charge is 2.27. The van der Waals surface area contributed by atoms with Crippen LogP contribution >= 0.6 is 22.9 Å². The van der Waals surface area contributed by atoms with Gasteiger partial charge in [-0.3, -0.25) is 0 Å². The Morgan fingerprint density at radius 3 is 2.79 bits per heavy atom. The SMILES string of the molecule is CNCc1ccc(C2=CCC(N(CCN3CCCC3)C(=O)Nc3ccc(F)c(Cl)c3)CC2)s1. The number of amides is 2. The summed E-state index contributed by atoms with van der Waals surface area (Å²) in [4.78, 5) is 20.3. The third-order valence-corrected chi connectivity index (χ3v) is 7.89. The number of benzene rings is 1. The van der Waals surface area contributed by atoms with Gasteiger partial charge in [0.2, 0.25) is 0 Å². The average molecular weight is 491 g/mol. The summed E-state index contributed by atoms with van der Waals surface area (Å²) in [5, 5.41) is 6.15. The van der Waals surface area contributed by atoms with E-state index in [1.165, 1.54) is 40.3 Å². The fourth-order valence-electron chi connectivity index (χ4n) is 4.62. The quantitative estimate of drug-likeness (QED) is 0.489. The first-order chi connectivity index (χ1) is 16.0. The number of nitrogens with zero attached hydrogens (tertiary/aromatic N) is 2. The number of thiophene rings is 1. The van der Waals surface area contributed by atoms with E-state index >= 15 is 0 Å². The standard InChI is InChI=1S/C25H32ClFN4OS/c1-28-17-21-9-11-24(33-21)18-4-7-20(8-5-18)31(15-14-30-12-2-3-13-30)25(32)29-19-6-10-23(27)22(26)16-19/h4,6,9-11,16,20,28H,2-3,5,7-8,12-15,17H2,1H3,(H,29,32). The number of allylic oxidation sites excluding steroid dienone is 1. The molecule has 0 spiro atoms. The first-order valence-electron chi connectivity index (χ1n) is 11.7. The second-order valence-corrected chi connectivity index (χ2v) is 10.3. The van der Waals surface area contributed by atoms with Crippen LogP contribution in [-0.4, -0.2) is 55.1 Å². The molecule has 1 fully saturated rings. The molecule has 0 saturated carbocycles. The number of carbonyl (C=O) groups is 1. The van der Waals surface area contributed by atoms with Gasteiger partial charge < -0.3 is 20.4 Å². The molecule has 2 heterocycles. The third-order valence-electron chi connectivity index (χ3n) is 6.44. The Morgan fingerprint density at radius 1 is 1.27 bits per heavy atom. The zero-order valence-corrected chi connectivity index (χ0v) is 20.7. The van der Waals surface area contributed by atoms with Gasteiger partial charge in [0.15, 0.2) is 0 Å². The molecule has 4 rings (SSSR count). The highest BCUT2D eigenvalue weighted by Crippen LogP contribution is 2.33. The second-order valence-electron chi connectivity index (χ2n) is 8.76. The zero-order chi connectivity index (χ0) is 23.2. The number of nitrogens with one attached hydrogen (secondary N) is 2. The van der Waals surface area contributed by atoms with Crippen molar-refractivity contribution >= 4 is 40.2 Å². The van der Waals surface area contributed by atoms with E-state index in [2.05, 4.69) is 33.7 Å². The van der Waals surface area contributed by atoms with Crippen LogP contribution in [0.1, 0.15) is 41.9 Å². The molecule has 1 aliphatic heterocycles. The summed E-state index contributed by atoms with van der Waals surface area (Å²) < 4.78 is 13.5. The van der Waals surface area contributed by atoms with Gasteiger partial charge in [0, 0.05) is 41.1 Å². The van der Waals surface area contributed by atoms with Crippen LogP contribution in [0.4, 0.5) is 14.9 Å². The van der Waals surface area contributed by atoms with Crippen molar-refractivity contribution in [2.24, 2.45) is 0 Å². The first-order valence-corrected chi connectivity index (χ1v) is 12.9. The summed E-state index contributed by atoms with van der Waals surface area (Å²) in [7, 11) is 1.96. The fourth-order valence-corrected chi connectivity index (χ4v) is 5.89. The smallest absolute Gasteiger partial charge is 0.320 e. The minimum Gasteiger partial charge on any atom is -0.320 e. The number of hydrogen-bond donors (Lipinski definition) is 2. The van der Waals surface area contributed by atoms with E-state index in [1.807, 2.05) is 23.3 Å². The predicted molar refractivity (Wildman–Crippen MR) is 136 cm³/mol. The Bertz CT molecular complexity index is 989. The number of halogens is 2. The molecule has 2 amide bonds. The van der Waals surface area contributed by atoms with Crippen molar-refractivity contribution in [3.05, 3.63) is 57.0 Å². The number of likely N-dealkylation sites (tertiary alicyclic amines) is 1. The second kappa shape index (κ2) is 11.5. The van der Waals surface area contributed by atoms with Crippen LogP contribution in [0.15, 0.2) is 36.4 Å². The lowest BCUT2D eigenvalue weighted by Gasteiger charge is -2.35. The highest BCUT2D eigenvalue weighted by atomic mass is 35.5. The molecule has 0 radical (unpaired) electrons. The van der Waals surface area contributed by atoms with Gasteiger partial charge in [-0.25, -0.2) is 9.18 Å². The molecular formula is C25H32ClFN4OS. The molecule has 0 bridgehead atoms. The monoisotopic (exact) mass is 490 g/mol. The summed E-state index contributed by atoms with van der Waals surface area (Å²) in [6.07, 6.45) is 7.49. The summed E-state index contributed by atoms with van der Waals surface area (Å²) in [5.41, 5.74) is 1.89. The Hall–Kier alpha value is -1.93. The summed E-state index contributed by atoms with van der Waals surface area (Å²) in [6.45, 7) is 4.65. The van der Waals surface area contributed by atoms with Gasteiger partial charge in [-0.05, 0) is 88.1 Å². The molecule has 2 aliphatic rings. The van der Waals surface area contributed by atoms with E-state index in [9.17, 15) is 9.18 Å². The Balaban J connectivity index is 1.44. The molecule has 1 aromatic carbocycles. The minimum atomic E-state index is -0.489. The van der Waals surface area contributed by atoms with Gasteiger partial charge in [-0.1, -0.05) is 17.7 Å². The van der Waals surface area contributed by atoms with Crippen LogP contribution in [0.2, 0.25) is 5.02 Å². The van der Waals surface area contributed by atoms with E-state index in [0.29, 0.717) is 12.2 Å². The summed E-state index contributed by atoms with van der Waals surface area (Å²) in [5.74, 6) is -0.489. The van der Waals surface area contributed by atoms with Gasteiger partial charge in [0.05, 0.1) is 5.02 Å². The Morgan fingerprint density at radius 2 is 2.09 bits per heavy atom. The van der Waals surface area contributed by atoms with Crippen LogP contribution in [-0.2, 0) is 6.54 Å². The lowest BCUT2D eigenvalue weighted by Crippen LogP contribution is -2.46. The lowest BCUT2D eigenvalue weighted by molar-refractivity contribution is 0.170. The van der Waals surface area contributed by atoms with Crippen molar-refractivity contribution in [3.63, 3.8) is 0 Å². The van der Waals surface area contributed by atoms with Crippen LogP contribution < -0.4 is 10.6 Å². The molecule has 1 aliphatic carbocycles. The van der Waals surface area contributed by atoms with Crippen molar-refractivity contribution in [1.82, 2.24) is 15.1 Å². The maximum Gasteiger partial charge on any atom is 0.322 e. The Kier molecular flexibility index (Phi) is 8.41. The molecule has 8 heteroatoms. The predicted octanol–water partition coefficient (Wildman–Crippen LogP) is 5.83. The molecule has 1 saturated heterocycles. The van der Waals surface area contributed by atoms with Crippen molar-refractivity contribution < 1.29 is 9.18 Å². The van der Waals surface area contributed by atoms with Gasteiger partial charge >= 0.3 is 6.03 Å². The van der Waals surface area contributed by atoms with Crippen LogP contribution in [0.25, 0.3) is 5.57 Å². The summed E-state index contributed by atoms with van der Waals surface area (Å²) in [6, 6.07) is 8.69.